The number of benzene rings is 2. The number of para-hydroxylation sites is 1. The highest BCUT2D eigenvalue weighted by Crippen LogP contribution is 2.38. The van der Waals surface area contributed by atoms with Gasteiger partial charge in [0.2, 0.25) is 5.75 Å². The fraction of sp³-hybridized carbons (Fsp3) is 0.235. The first-order chi connectivity index (χ1) is 11.1. The standard InChI is InChI=1S/C17H20N2O4/c1-21-14-8-11(9-15(22-2)16(14)23-3)10-19-17(20)12-6-4-5-7-13(12)18/h4-9H,10,18H2,1-3H3,(H,19,20). The summed E-state index contributed by atoms with van der Waals surface area (Å²) in [6.45, 7) is 0.309. The van der Waals surface area contributed by atoms with Crippen LogP contribution in [0.1, 0.15) is 15.9 Å². The Balaban J connectivity index is 2.17. The van der Waals surface area contributed by atoms with E-state index in [0.717, 1.165) is 5.56 Å². The van der Waals surface area contributed by atoms with Crippen molar-refractivity contribution in [3.8, 4) is 17.2 Å². The molecule has 0 saturated carbocycles. The van der Waals surface area contributed by atoms with Crippen molar-refractivity contribution in [1.82, 2.24) is 5.32 Å². The Morgan fingerprint density at radius 3 is 2.17 bits per heavy atom. The zero-order chi connectivity index (χ0) is 16.8. The topological polar surface area (TPSA) is 82.8 Å². The number of anilines is 1. The maximum absolute atomic E-state index is 12.2. The first-order valence-electron chi connectivity index (χ1n) is 7.02. The van der Waals surface area contributed by atoms with Gasteiger partial charge in [0.1, 0.15) is 0 Å². The summed E-state index contributed by atoms with van der Waals surface area (Å²) in [6, 6.07) is 10.5. The van der Waals surface area contributed by atoms with Crippen LogP contribution in [0.5, 0.6) is 17.2 Å². The largest absolute Gasteiger partial charge is 0.493 e. The predicted molar refractivity (Wildman–Crippen MR) is 88.1 cm³/mol. The third-order valence-electron chi connectivity index (χ3n) is 3.38. The van der Waals surface area contributed by atoms with Crippen molar-refractivity contribution in [2.24, 2.45) is 0 Å². The van der Waals surface area contributed by atoms with Crippen LogP contribution in [-0.4, -0.2) is 27.2 Å². The molecule has 6 nitrogen and oxygen atoms in total. The average molecular weight is 316 g/mol. The Bertz CT molecular complexity index is 676. The van der Waals surface area contributed by atoms with Gasteiger partial charge in [0.05, 0.1) is 26.9 Å². The Kier molecular flexibility index (Phi) is 5.30. The molecule has 1 amide bonds. The first-order valence-corrected chi connectivity index (χ1v) is 7.02. The maximum Gasteiger partial charge on any atom is 0.253 e. The Hall–Kier alpha value is -2.89. The summed E-state index contributed by atoms with van der Waals surface area (Å²) >= 11 is 0. The van der Waals surface area contributed by atoms with E-state index in [1.54, 1.807) is 57.7 Å². The van der Waals surface area contributed by atoms with Crippen LogP contribution in [0.25, 0.3) is 0 Å². The minimum absolute atomic E-state index is 0.239. The molecule has 2 aromatic rings. The van der Waals surface area contributed by atoms with Crippen LogP contribution in [-0.2, 0) is 6.54 Å². The van der Waals surface area contributed by atoms with Gasteiger partial charge < -0.3 is 25.3 Å². The smallest absolute Gasteiger partial charge is 0.253 e. The summed E-state index contributed by atoms with van der Waals surface area (Å²) in [5, 5.41) is 2.83. The van der Waals surface area contributed by atoms with Crippen LogP contribution in [0.4, 0.5) is 5.69 Å². The average Bonchev–Trinajstić information content (AvgIpc) is 2.58. The van der Waals surface area contributed by atoms with E-state index in [1.165, 1.54) is 0 Å². The van der Waals surface area contributed by atoms with Crippen molar-refractivity contribution in [1.29, 1.82) is 0 Å². The number of amides is 1. The fourth-order valence-corrected chi connectivity index (χ4v) is 2.22. The number of carbonyl (C=O) groups is 1. The van der Waals surface area contributed by atoms with Crippen LogP contribution in [0.3, 0.4) is 0 Å². The SMILES string of the molecule is COc1cc(CNC(=O)c2ccccc2N)cc(OC)c1OC. The minimum Gasteiger partial charge on any atom is -0.493 e. The van der Waals surface area contributed by atoms with Gasteiger partial charge in [-0.1, -0.05) is 12.1 Å². The quantitative estimate of drug-likeness (QED) is 0.799. The molecule has 23 heavy (non-hydrogen) atoms. The molecule has 0 heterocycles. The molecule has 0 aliphatic heterocycles. The van der Waals surface area contributed by atoms with Gasteiger partial charge in [0.25, 0.3) is 5.91 Å². The Labute approximate surface area is 135 Å². The van der Waals surface area contributed by atoms with Gasteiger partial charge in [-0.15, -0.1) is 0 Å². The number of hydrogen-bond donors (Lipinski definition) is 2. The van der Waals surface area contributed by atoms with Crippen molar-refractivity contribution in [2.75, 3.05) is 27.1 Å². The van der Waals surface area contributed by atoms with E-state index in [4.69, 9.17) is 19.9 Å². The van der Waals surface area contributed by atoms with Gasteiger partial charge >= 0.3 is 0 Å². The summed E-state index contributed by atoms with van der Waals surface area (Å²) in [5.74, 6) is 1.35. The normalized spacial score (nSPS) is 10.0. The van der Waals surface area contributed by atoms with Crippen molar-refractivity contribution in [3.05, 3.63) is 47.5 Å². The zero-order valence-corrected chi connectivity index (χ0v) is 13.4. The third-order valence-corrected chi connectivity index (χ3v) is 3.38. The number of rotatable bonds is 6. The molecule has 0 radical (unpaired) electrons. The molecule has 0 atom stereocenters. The van der Waals surface area contributed by atoms with Crippen LogP contribution >= 0.6 is 0 Å². The third kappa shape index (κ3) is 3.66. The summed E-state index contributed by atoms with van der Waals surface area (Å²) in [4.78, 5) is 12.2. The fourth-order valence-electron chi connectivity index (χ4n) is 2.22. The van der Waals surface area contributed by atoms with Crippen LogP contribution < -0.4 is 25.3 Å². The van der Waals surface area contributed by atoms with E-state index in [9.17, 15) is 4.79 Å². The highest BCUT2D eigenvalue weighted by atomic mass is 16.5. The number of nitrogen functional groups attached to an aromatic ring is 1. The van der Waals surface area contributed by atoms with E-state index in [1.807, 2.05) is 0 Å². The molecule has 6 heteroatoms. The van der Waals surface area contributed by atoms with Crippen LogP contribution in [0.2, 0.25) is 0 Å². The second-order valence-corrected chi connectivity index (χ2v) is 4.80. The number of carbonyl (C=O) groups excluding carboxylic acids is 1. The van der Waals surface area contributed by atoms with Gasteiger partial charge in [-0.3, -0.25) is 4.79 Å². The summed E-state index contributed by atoms with van der Waals surface area (Å²) in [7, 11) is 4.63. The summed E-state index contributed by atoms with van der Waals surface area (Å²) in [6.07, 6.45) is 0. The van der Waals surface area contributed by atoms with Crippen molar-refractivity contribution < 1.29 is 19.0 Å². The van der Waals surface area contributed by atoms with E-state index < -0.39 is 0 Å². The molecule has 0 spiro atoms. The van der Waals surface area contributed by atoms with E-state index >= 15 is 0 Å². The molecule has 0 bridgehead atoms. The highest BCUT2D eigenvalue weighted by Gasteiger charge is 2.14. The van der Waals surface area contributed by atoms with E-state index in [-0.39, 0.29) is 5.91 Å². The van der Waals surface area contributed by atoms with Crippen molar-refractivity contribution in [2.45, 2.75) is 6.54 Å². The summed E-state index contributed by atoms with van der Waals surface area (Å²) < 4.78 is 15.9. The van der Waals surface area contributed by atoms with Gasteiger partial charge in [-0.2, -0.15) is 0 Å². The first kappa shape index (κ1) is 16.5. The van der Waals surface area contributed by atoms with Crippen molar-refractivity contribution >= 4 is 11.6 Å². The molecular weight excluding hydrogens is 296 g/mol. The highest BCUT2D eigenvalue weighted by molar-refractivity contribution is 5.99. The van der Waals surface area contributed by atoms with Gasteiger partial charge in [-0.25, -0.2) is 0 Å². The minimum atomic E-state index is -0.239. The van der Waals surface area contributed by atoms with E-state index in [2.05, 4.69) is 5.32 Å². The molecule has 0 saturated heterocycles. The number of ether oxygens (including phenoxy) is 3. The Morgan fingerprint density at radius 2 is 1.65 bits per heavy atom. The molecule has 0 aromatic heterocycles. The molecule has 122 valence electrons. The molecule has 2 rings (SSSR count). The van der Waals surface area contributed by atoms with Gasteiger partial charge in [-0.05, 0) is 29.8 Å². The molecule has 0 unspecified atom stereocenters. The second kappa shape index (κ2) is 7.40. The number of nitrogens with one attached hydrogen (secondary N) is 1. The Morgan fingerprint density at radius 1 is 1.04 bits per heavy atom. The lowest BCUT2D eigenvalue weighted by molar-refractivity contribution is 0.0951. The molecule has 0 aliphatic rings. The van der Waals surface area contributed by atoms with Crippen molar-refractivity contribution in [3.63, 3.8) is 0 Å². The maximum atomic E-state index is 12.2. The predicted octanol–water partition coefficient (Wildman–Crippen LogP) is 2.22. The lowest BCUT2D eigenvalue weighted by Crippen LogP contribution is -2.23. The number of methoxy groups -OCH3 is 3. The lowest BCUT2D eigenvalue weighted by Gasteiger charge is -2.14. The number of nitrogens with two attached hydrogens (primary N) is 1. The molecule has 0 aliphatic carbocycles. The number of hydrogen-bond acceptors (Lipinski definition) is 5. The monoisotopic (exact) mass is 316 g/mol. The van der Waals surface area contributed by atoms with Crippen LogP contribution in [0, 0.1) is 0 Å². The van der Waals surface area contributed by atoms with Gasteiger partial charge in [0, 0.05) is 12.2 Å². The van der Waals surface area contributed by atoms with Gasteiger partial charge in [0.15, 0.2) is 11.5 Å². The molecule has 3 N–H and O–H groups in total. The lowest BCUT2D eigenvalue weighted by atomic mass is 10.1. The van der Waals surface area contributed by atoms with Crippen LogP contribution in [0.15, 0.2) is 36.4 Å². The zero-order valence-electron chi connectivity index (χ0n) is 13.4. The summed E-state index contributed by atoms with van der Waals surface area (Å²) in [5.41, 5.74) is 7.51. The molecule has 0 fully saturated rings. The second-order valence-electron chi connectivity index (χ2n) is 4.80. The molecule has 2 aromatic carbocycles. The van der Waals surface area contributed by atoms with E-state index in [0.29, 0.717) is 35.0 Å². The molecular formula is C17H20N2O4.